The molecule has 1 atom stereocenters. The second kappa shape index (κ2) is 9.33. The summed E-state index contributed by atoms with van der Waals surface area (Å²) in [6.07, 6.45) is 3.10. The predicted octanol–water partition coefficient (Wildman–Crippen LogP) is 3.33. The first-order chi connectivity index (χ1) is 13.2. The van der Waals surface area contributed by atoms with Crippen LogP contribution in [0, 0.1) is 0 Å². The Kier molecular flexibility index (Phi) is 6.60. The topological polar surface area (TPSA) is 58.6 Å². The summed E-state index contributed by atoms with van der Waals surface area (Å²) in [4.78, 5) is 26.3. The van der Waals surface area contributed by atoms with Crippen LogP contribution in [0.4, 0.5) is 5.69 Å². The number of carbonyl (C=O) groups excluding carboxylic acids is 2. The summed E-state index contributed by atoms with van der Waals surface area (Å²) < 4.78 is 5.63. The van der Waals surface area contributed by atoms with Gasteiger partial charge in [-0.2, -0.15) is 0 Å². The van der Waals surface area contributed by atoms with Crippen LogP contribution < -0.4 is 15.0 Å². The number of anilines is 1. The number of benzene rings is 2. The maximum atomic E-state index is 12.7. The van der Waals surface area contributed by atoms with Crippen molar-refractivity contribution in [1.29, 1.82) is 0 Å². The molecule has 1 saturated heterocycles. The molecule has 0 bridgehead atoms. The van der Waals surface area contributed by atoms with Crippen LogP contribution in [0.15, 0.2) is 54.6 Å². The lowest BCUT2D eigenvalue weighted by atomic mass is 10.1. The van der Waals surface area contributed by atoms with Gasteiger partial charge in [0.15, 0.2) is 0 Å². The summed E-state index contributed by atoms with van der Waals surface area (Å²) in [6, 6.07) is 16.8. The second-order valence-electron chi connectivity index (χ2n) is 6.71. The molecule has 0 spiro atoms. The van der Waals surface area contributed by atoms with Crippen molar-refractivity contribution < 1.29 is 14.3 Å². The molecule has 3 rings (SSSR count). The molecule has 5 heteroatoms. The quantitative estimate of drug-likeness (QED) is 0.546. The first-order valence-corrected chi connectivity index (χ1v) is 9.56. The van der Waals surface area contributed by atoms with E-state index in [1.54, 1.807) is 12.1 Å². The molecule has 0 saturated carbocycles. The summed E-state index contributed by atoms with van der Waals surface area (Å²) in [5, 5.41) is 3.22. The summed E-state index contributed by atoms with van der Waals surface area (Å²) in [5.74, 6) is 0.397. The highest BCUT2D eigenvalue weighted by atomic mass is 16.5. The molecule has 0 aromatic heterocycles. The van der Waals surface area contributed by atoms with Gasteiger partial charge in [-0.3, -0.25) is 9.59 Å². The molecule has 0 radical (unpaired) electrons. The fourth-order valence-corrected chi connectivity index (χ4v) is 3.12. The maximum absolute atomic E-state index is 12.7. The fraction of sp³-hybridized carbons (Fsp3) is 0.364. The van der Waals surface area contributed by atoms with Crippen molar-refractivity contribution in [3.8, 4) is 5.75 Å². The lowest BCUT2D eigenvalue weighted by molar-refractivity contribution is -0.121. The Morgan fingerprint density at radius 3 is 2.52 bits per heavy atom. The Balaban J connectivity index is 1.55. The predicted molar refractivity (Wildman–Crippen MR) is 106 cm³/mol. The van der Waals surface area contributed by atoms with E-state index in [1.807, 2.05) is 30.3 Å². The van der Waals surface area contributed by atoms with Crippen LogP contribution in [0.25, 0.3) is 0 Å². The van der Waals surface area contributed by atoms with Crippen LogP contribution in [-0.4, -0.2) is 31.0 Å². The molecule has 0 unspecified atom stereocenters. The standard InChI is InChI=1S/C22H26N2O3/c1-2-3-15-27-19-11-9-18(10-12-19)24-21(25)16-20(22(24)26)23-14-13-17-7-5-4-6-8-17/h4-12,20,23H,2-3,13-16H2,1H3/t20-/m0/s1. The molecule has 2 amide bonds. The van der Waals surface area contributed by atoms with Crippen molar-refractivity contribution in [1.82, 2.24) is 5.32 Å². The minimum absolute atomic E-state index is 0.170. The molecule has 1 heterocycles. The average molecular weight is 366 g/mol. The Morgan fingerprint density at radius 1 is 1.07 bits per heavy atom. The molecule has 5 nitrogen and oxygen atoms in total. The normalized spacial score (nSPS) is 16.8. The average Bonchev–Trinajstić information content (AvgIpc) is 2.97. The lowest BCUT2D eigenvalue weighted by Crippen LogP contribution is -2.39. The van der Waals surface area contributed by atoms with Crippen molar-refractivity contribution in [3.63, 3.8) is 0 Å². The Morgan fingerprint density at radius 2 is 1.81 bits per heavy atom. The Hall–Kier alpha value is -2.66. The van der Waals surface area contributed by atoms with E-state index in [9.17, 15) is 9.59 Å². The number of hydrogen-bond donors (Lipinski definition) is 1. The number of carbonyl (C=O) groups is 2. The summed E-state index contributed by atoms with van der Waals surface area (Å²) >= 11 is 0. The van der Waals surface area contributed by atoms with Gasteiger partial charge in [-0.25, -0.2) is 4.90 Å². The molecule has 1 fully saturated rings. The third-order valence-corrected chi connectivity index (χ3v) is 4.66. The molecule has 0 aliphatic carbocycles. The number of nitrogens with zero attached hydrogens (tertiary/aromatic N) is 1. The van der Waals surface area contributed by atoms with Gasteiger partial charge in [-0.05, 0) is 49.2 Å². The van der Waals surface area contributed by atoms with Gasteiger partial charge in [-0.15, -0.1) is 0 Å². The molecule has 27 heavy (non-hydrogen) atoms. The highest BCUT2D eigenvalue weighted by Gasteiger charge is 2.39. The van der Waals surface area contributed by atoms with E-state index in [4.69, 9.17) is 4.74 Å². The van der Waals surface area contributed by atoms with E-state index in [1.165, 1.54) is 10.5 Å². The van der Waals surface area contributed by atoms with Gasteiger partial charge in [0.05, 0.1) is 24.8 Å². The molecule has 2 aromatic carbocycles. The zero-order valence-electron chi connectivity index (χ0n) is 15.7. The number of nitrogens with one attached hydrogen (secondary N) is 1. The smallest absolute Gasteiger partial charge is 0.251 e. The van der Waals surface area contributed by atoms with Crippen molar-refractivity contribution in [2.24, 2.45) is 0 Å². The number of hydrogen-bond acceptors (Lipinski definition) is 4. The van der Waals surface area contributed by atoms with Crippen LogP contribution in [0.3, 0.4) is 0 Å². The number of rotatable bonds is 9. The highest BCUT2D eigenvalue weighted by Crippen LogP contribution is 2.25. The van der Waals surface area contributed by atoms with Crippen LogP contribution in [0.1, 0.15) is 31.7 Å². The van der Waals surface area contributed by atoms with Crippen molar-refractivity contribution >= 4 is 17.5 Å². The maximum Gasteiger partial charge on any atom is 0.251 e. The molecular weight excluding hydrogens is 340 g/mol. The van der Waals surface area contributed by atoms with Gasteiger partial charge in [-0.1, -0.05) is 43.7 Å². The van der Waals surface area contributed by atoms with Gasteiger partial charge in [0.1, 0.15) is 5.75 Å². The first-order valence-electron chi connectivity index (χ1n) is 9.56. The minimum Gasteiger partial charge on any atom is -0.494 e. The van der Waals surface area contributed by atoms with E-state index in [0.29, 0.717) is 18.8 Å². The zero-order valence-corrected chi connectivity index (χ0v) is 15.7. The largest absolute Gasteiger partial charge is 0.494 e. The summed E-state index contributed by atoms with van der Waals surface area (Å²) in [7, 11) is 0. The lowest BCUT2D eigenvalue weighted by Gasteiger charge is -2.16. The van der Waals surface area contributed by atoms with Crippen LogP contribution in [0.5, 0.6) is 5.75 Å². The first kappa shape index (κ1) is 19.1. The van der Waals surface area contributed by atoms with E-state index >= 15 is 0 Å². The number of unbranched alkanes of at least 4 members (excludes halogenated alkanes) is 1. The Bertz CT molecular complexity index is 759. The van der Waals surface area contributed by atoms with E-state index in [0.717, 1.165) is 25.0 Å². The molecule has 142 valence electrons. The molecular formula is C22H26N2O3. The fourth-order valence-electron chi connectivity index (χ4n) is 3.12. The van der Waals surface area contributed by atoms with E-state index in [2.05, 4.69) is 24.4 Å². The van der Waals surface area contributed by atoms with Crippen LogP contribution >= 0.6 is 0 Å². The van der Waals surface area contributed by atoms with Gasteiger partial charge in [0, 0.05) is 0 Å². The molecule has 1 aliphatic heterocycles. The van der Waals surface area contributed by atoms with Gasteiger partial charge in [0.2, 0.25) is 5.91 Å². The van der Waals surface area contributed by atoms with E-state index < -0.39 is 6.04 Å². The Labute approximate surface area is 160 Å². The number of ether oxygens (including phenoxy) is 1. The molecule has 1 N–H and O–H groups in total. The SMILES string of the molecule is CCCCOc1ccc(N2C(=O)C[C@H](NCCc3ccccc3)C2=O)cc1. The van der Waals surface area contributed by atoms with E-state index in [-0.39, 0.29) is 18.2 Å². The van der Waals surface area contributed by atoms with Gasteiger partial charge in [0.25, 0.3) is 5.91 Å². The number of imide groups is 1. The zero-order chi connectivity index (χ0) is 19.1. The summed E-state index contributed by atoms with van der Waals surface area (Å²) in [6.45, 7) is 3.44. The third-order valence-electron chi connectivity index (χ3n) is 4.66. The number of amides is 2. The van der Waals surface area contributed by atoms with Crippen molar-refractivity contribution in [2.45, 2.75) is 38.6 Å². The minimum atomic E-state index is -0.457. The monoisotopic (exact) mass is 366 g/mol. The third kappa shape index (κ3) is 4.95. The second-order valence-corrected chi connectivity index (χ2v) is 6.71. The van der Waals surface area contributed by atoms with Crippen molar-refractivity contribution in [2.75, 3.05) is 18.1 Å². The van der Waals surface area contributed by atoms with Gasteiger partial charge < -0.3 is 10.1 Å². The highest BCUT2D eigenvalue weighted by molar-refractivity contribution is 6.22. The molecule has 2 aromatic rings. The van der Waals surface area contributed by atoms with Crippen LogP contribution in [-0.2, 0) is 16.0 Å². The molecule has 1 aliphatic rings. The summed E-state index contributed by atoms with van der Waals surface area (Å²) in [5.41, 5.74) is 1.80. The van der Waals surface area contributed by atoms with Crippen molar-refractivity contribution in [3.05, 3.63) is 60.2 Å². The van der Waals surface area contributed by atoms with Crippen LogP contribution in [0.2, 0.25) is 0 Å². The van der Waals surface area contributed by atoms with Gasteiger partial charge >= 0.3 is 0 Å².